The van der Waals surface area contributed by atoms with Gasteiger partial charge in [0.1, 0.15) is 0 Å². The lowest BCUT2D eigenvalue weighted by molar-refractivity contribution is 0.598. The van der Waals surface area contributed by atoms with Crippen LogP contribution in [0.5, 0.6) is 0 Å². The van der Waals surface area contributed by atoms with E-state index in [9.17, 15) is 0 Å². The molecule has 0 aliphatic heterocycles. The number of benzene rings is 1. The molecule has 0 aliphatic rings. The Morgan fingerprint density at radius 3 is 2.68 bits per heavy atom. The monoisotopic (exact) mass is 337 g/mol. The molecule has 19 heavy (non-hydrogen) atoms. The van der Waals surface area contributed by atoms with Crippen LogP contribution in [0.1, 0.15) is 41.0 Å². The molecule has 1 nitrogen and oxygen atoms in total. The zero-order valence-corrected chi connectivity index (χ0v) is 14.1. The van der Waals surface area contributed by atoms with E-state index < -0.39 is 0 Å². The summed E-state index contributed by atoms with van der Waals surface area (Å²) in [5, 5.41) is 5.92. The number of aryl methyl sites for hydroxylation is 2. The lowest BCUT2D eigenvalue weighted by Crippen LogP contribution is -2.23. The van der Waals surface area contributed by atoms with Crippen LogP contribution in [0.4, 0.5) is 0 Å². The molecule has 0 amide bonds. The molecule has 1 aromatic heterocycles. The van der Waals surface area contributed by atoms with Gasteiger partial charge in [0.05, 0.1) is 6.04 Å². The van der Waals surface area contributed by atoms with E-state index >= 15 is 0 Å². The molecule has 3 heteroatoms. The number of halogens is 1. The van der Waals surface area contributed by atoms with E-state index in [1.807, 2.05) is 11.3 Å². The molecule has 0 fully saturated rings. The molecule has 0 aliphatic carbocycles. The van der Waals surface area contributed by atoms with Gasteiger partial charge < -0.3 is 5.32 Å². The van der Waals surface area contributed by atoms with Gasteiger partial charge in [0.15, 0.2) is 0 Å². The Morgan fingerprint density at radius 1 is 1.26 bits per heavy atom. The molecule has 102 valence electrons. The van der Waals surface area contributed by atoms with Crippen molar-refractivity contribution in [3.63, 3.8) is 0 Å². The average Bonchev–Trinajstić information content (AvgIpc) is 2.80. The van der Waals surface area contributed by atoms with Crippen molar-refractivity contribution in [3.05, 3.63) is 55.7 Å². The SMILES string of the molecule is CCCNC(c1csc(C)c1)c1cc(C)ccc1Br. The number of hydrogen-bond acceptors (Lipinski definition) is 2. The maximum absolute atomic E-state index is 3.69. The zero-order chi connectivity index (χ0) is 13.8. The molecule has 2 aromatic rings. The fourth-order valence-electron chi connectivity index (χ4n) is 2.20. The quantitative estimate of drug-likeness (QED) is 0.788. The zero-order valence-electron chi connectivity index (χ0n) is 11.7. The number of nitrogens with one attached hydrogen (secondary N) is 1. The van der Waals surface area contributed by atoms with Crippen LogP contribution in [0.2, 0.25) is 0 Å². The highest BCUT2D eigenvalue weighted by Gasteiger charge is 2.17. The smallest absolute Gasteiger partial charge is 0.0596 e. The Bertz CT molecular complexity index is 547. The number of hydrogen-bond donors (Lipinski definition) is 1. The topological polar surface area (TPSA) is 12.0 Å². The third-order valence-electron chi connectivity index (χ3n) is 3.15. The molecule has 1 unspecified atom stereocenters. The molecule has 2 rings (SSSR count). The van der Waals surface area contributed by atoms with Crippen LogP contribution in [0.3, 0.4) is 0 Å². The Labute approximate surface area is 128 Å². The Kier molecular flexibility index (Phi) is 5.20. The fraction of sp³-hybridized carbons (Fsp3) is 0.375. The summed E-state index contributed by atoms with van der Waals surface area (Å²) in [5.41, 5.74) is 3.99. The second-order valence-corrected chi connectivity index (χ2v) is 6.87. The minimum Gasteiger partial charge on any atom is -0.306 e. The molecule has 0 saturated heterocycles. The van der Waals surface area contributed by atoms with Gasteiger partial charge in [-0.05, 0) is 55.5 Å². The van der Waals surface area contributed by atoms with Crippen molar-refractivity contribution in [3.8, 4) is 0 Å². The molecular weight excluding hydrogens is 318 g/mol. The summed E-state index contributed by atoms with van der Waals surface area (Å²) in [4.78, 5) is 1.36. The Hall–Kier alpha value is -0.640. The van der Waals surface area contributed by atoms with Gasteiger partial charge >= 0.3 is 0 Å². The normalized spacial score (nSPS) is 12.6. The highest BCUT2D eigenvalue weighted by atomic mass is 79.9. The van der Waals surface area contributed by atoms with Gasteiger partial charge in [-0.3, -0.25) is 0 Å². The predicted molar refractivity (Wildman–Crippen MR) is 88.1 cm³/mol. The second-order valence-electron chi connectivity index (χ2n) is 4.90. The third-order valence-corrected chi connectivity index (χ3v) is 4.75. The van der Waals surface area contributed by atoms with Gasteiger partial charge in [-0.25, -0.2) is 0 Å². The van der Waals surface area contributed by atoms with E-state index in [1.54, 1.807) is 0 Å². The van der Waals surface area contributed by atoms with Gasteiger partial charge in [0.25, 0.3) is 0 Å². The molecule has 1 aromatic carbocycles. The average molecular weight is 338 g/mol. The molecule has 1 N–H and O–H groups in total. The minimum absolute atomic E-state index is 0.277. The van der Waals surface area contributed by atoms with Crippen molar-refractivity contribution in [2.45, 2.75) is 33.2 Å². The van der Waals surface area contributed by atoms with Crippen molar-refractivity contribution in [2.24, 2.45) is 0 Å². The van der Waals surface area contributed by atoms with E-state index in [-0.39, 0.29) is 6.04 Å². The summed E-state index contributed by atoms with van der Waals surface area (Å²) in [6.45, 7) is 7.54. The van der Waals surface area contributed by atoms with Crippen LogP contribution in [0.15, 0.2) is 34.1 Å². The highest BCUT2D eigenvalue weighted by molar-refractivity contribution is 9.10. The Balaban J connectivity index is 2.39. The lowest BCUT2D eigenvalue weighted by Gasteiger charge is -2.20. The molecule has 0 saturated carbocycles. The van der Waals surface area contributed by atoms with Crippen LogP contribution >= 0.6 is 27.3 Å². The summed E-state index contributed by atoms with van der Waals surface area (Å²) in [7, 11) is 0. The molecule has 0 spiro atoms. The molecule has 1 heterocycles. The first-order valence-electron chi connectivity index (χ1n) is 6.66. The van der Waals surface area contributed by atoms with E-state index in [0.29, 0.717) is 0 Å². The first kappa shape index (κ1) is 14.8. The molecular formula is C16H20BrNS. The summed E-state index contributed by atoms with van der Waals surface area (Å²) < 4.78 is 1.18. The van der Waals surface area contributed by atoms with Gasteiger partial charge in [0, 0.05) is 9.35 Å². The molecule has 0 bridgehead atoms. The van der Waals surface area contributed by atoms with E-state index in [1.165, 1.54) is 26.0 Å². The Morgan fingerprint density at radius 2 is 2.05 bits per heavy atom. The van der Waals surface area contributed by atoms with Crippen molar-refractivity contribution in [1.29, 1.82) is 0 Å². The summed E-state index contributed by atoms with van der Waals surface area (Å²) in [6.07, 6.45) is 1.14. The fourth-order valence-corrected chi connectivity index (χ4v) is 3.40. The summed E-state index contributed by atoms with van der Waals surface area (Å²) in [6, 6.07) is 9.12. The standard InChI is InChI=1S/C16H20BrNS/c1-4-7-18-16(13-9-12(3)19-10-13)14-8-11(2)5-6-15(14)17/h5-6,8-10,16,18H,4,7H2,1-3H3. The molecule has 1 atom stereocenters. The van der Waals surface area contributed by atoms with Crippen molar-refractivity contribution in [2.75, 3.05) is 6.54 Å². The predicted octanol–water partition coefficient (Wildman–Crippen LogP) is 5.22. The van der Waals surface area contributed by atoms with Crippen molar-refractivity contribution >= 4 is 27.3 Å². The number of thiophene rings is 1. The van der Waals surface area contributed by atoms with Crippen molar-refractivity contribution in [1.82, 2.24) is 5.32 Å². The maximum Gasteiger partial charge on any atom is 0.0596 e. The van der Waals surface area contributed by atoms with Gasteiger partial charge in [-0.2, -0.15) is 0 Å². The largest absolute Gasteiger partial charge is 0.306 e. The highest BCUT2D eigenvalue weighted by Crippen LogP contribution is 2.31. The first-order valence-corrected chi connectivity index (χ1v) is 8.33. The summed E-state index contributed by atoms with van der Waals surface area (Å²) in [5.74, 6) is 0. The van der Waals surface area contributed by atoms with Crippen molar-refractivity contribution < 1.29 is 0 Å². The van der Waals surface area contributed by atoms with Crippen LogP contribution in [-0.2, 0) is 0 Å². The van der Waals surface area contributed by atoms with E-state index in [2.05, 4.69) is 71.7 Å². The maximum atomic E-state index is 3.69. The van der Waals surface area contributed by atoms with Crippen LogP contribution < -0.4 is 5.32 Å². The van der Waals surface area contributed by atoms with E-state index in [4.69, 9.17) is 0 Å². The van der Waals surface area contributed by atoms with Crippen LogP contribution in [-0.4, -0.2) is 6.54 Å². The third kappa shape index (κ3) is 3.68. The van der Waals surface area contributed by atoms with Gasteiger partial charge in [0.2, 0.25) is 0 Å². The first-order chi connectivity index (χ1) is 9.11. The minimum atomic E-state index is 0.277. The van der Waals surface area contributed by atoms with Gasteiger partial charge in [-0.1, -0.05) is 40.5 Å². The lowest BCUT2D eigenvalue weighted by atomic mass is 9.99. The second kappa shape index (κ2) is 6.69. The van der Waals surface area contributed by atoms with Gasteiger partial charge in [-0.15, -0.1) is 11.3 Å². The van der Waals surface area contributed by atoms with E-state index in [0.717, 1.165) is 13.0 Å². The van der Waals surface area contributed by atoms with Crippen LogP contribution in [0, 0.1) is 13.8 Å². The molecule has 0 radical (unpaired) electrons. The van der Waals surface area contributed by atoms with Crippen LogP contribution in [0.25, 0.3) is 0 Å². The number of rotatable bonds is 5. The summed E-state index contributed by atoms with van der Waals surface area (Å²) >= 11 is 5.51.